The number of hydrogen-bond acceptors (Lipinski definition) is 5. The first-order valence-corrected chi connectivity index (χ1v) is 10.5. The normalized spacial score (nSPS) is 20.9. The third-order valence-electron chi connectivity index (χ3n) is 3.85. The first-order chi connectivity index (χ1) is 10.5. The smallest absolute Gasteiger partial charge is 0.262 e. The number of sulfonamides is 1. The Hall–Kier alpha value is -0.830. The van der Waals surface area contributed by atoms with Crippen molar-refractivity contribution in [2.45, 2.75) is 23.6 Å². The fourth-order valence-corrected chi connectivity index (χ4v) is 6.31. The molecule has 0 radical (unpaired) electrons. The highest BCUT2D eigenvalue weighted by molar-refractivity contribution is 7.99. The van der Waals surface area contributed by atoms with Gasteiger partial charge in [0.2, 0.25) is 0 Å². The average molecular weight is 358 g/mol. The second-order valence-corrected chi connectivity index (χ2v) is 9.48. The van der Waals surface area contributed by atoms with Crippen LogP contribution in [0.4, 0.5) is 0 Å². The Morgan fingerprint density at radius 2 is 2.18 bits per heavy atom. The largest absolute Gasteiger partial charge is 0.337 e. The molecule has 3 rings (SSSR count). The van der Waals surface area contributed by atoms with Gasteiger partial charge < -0.3 is 4.57 Å². The van der Waals surface area contributed by atoms with Crippen molar-refractivity contribution in [2.24, 2.45) is 7.05 Å². The molecule has 2 aromatic heterocycles. The summed E-state index contributed by atoms with van der Waals surface area (Å²) in [7, 11) is -1.68. The fourth-order valence-electron chi connectivity index (χ4n) is 2.48. The SMILES string of the molecule is Cc1nc(S(=O)(=O)N2CCSC(c3cccs3)CC2)cn1C. The van der Waals surface area contributed by atoms with Crippen molar-refractivity contribution in [3.8, 4) is 0 Å². The maximum absolute atomic E-state index is 12.7. The zero-order chi connectivity index (χ0) is 15.7. The zero-order valence-electron chi connectivity index (χ0n) is 12.6. The van der Waals surface area contributed by atoms with Gasteiger partial charge in [-0.3, -0.25) is 0 Å². The molecule has 8 heteroatoms. The van der Waals surface area contributed by atoms with E-state index in [0.717, 1.165) is 12.2 Å². The second-order valence-electron chi connectivity index (χ2n) is 5.30. The van der Waals surface area contributed by atoms with Gasteiger partial charge in [0, 0.05) is 42.2 Å². The van der Waals surface area contributed by atoms with Gasteiger partial charge in [0.25, 0.3) is 10.0 Å². The summed E-state index contributed by atoms with van der Waals surface area (Å²) in [5.74, 6) is 1.52. The number of thioether (sulfide) groups is 1. The van der Waals surface area contributed by atoms with E-state index in [-0.39, 0.29) is 5.03 Å². The van der Waals surface area contributed by atoms with E-state index >= 15 is 0 Å². The summed E-state index contributed by atoms with van der Waals surface area (Å²) in [4.78, 5) is 5.52. The molecule has 5 nitrogen and oxygen atoms in total. The lowest BCUT2D eigenvalue weighted by molar-refractivity contribution is 0.426. The Labute approximate surface area is 139 Å². The summed E-state index contributed by atoms with van der Waals surface area (Å²) in [5, 5.41) is 2.63. The van der Waals surface area contributed by atoms with Crippen LogP contribution in [0.1, 0.15) is 22.4 Å². The predicted octanol–water partition coefficient (Wildman–Crippen LogP) is 2.66. The molecule has 1 unspecified atom stereocenters. The maximum atomic E-state index is 12.7. The van der Waals surface area contributed by atoms with E-state index in [9.17, 15) is 8.42 Å². The monoisotopic (exact) mass is 357 g/mol. The molecule has 0 saturated carbocycles. The summed E-state index contributed by atoms with van der Waals surface area (Å²) in [5.41, 5.74) is 0. The predicted molar refractivity (Wildman–Crippen MR) is 90.8 cm³/mol. The first kappa shape index (κ1) is 16.0. The van der Waals surface area contributed by atoms with E-state index in [1.54, 1.807) is 26.4 Å². The topological polar surface area (TPSA) is 55.2 Å². The van der Waals surface area contributed by atoms with E-state index in [1.165, 1.54) is 4.88 Å². The van der Waals surface area contributed by atoms with Crippen molar-refractivity contribution in [1.82, 2.24) is 13.9 Å². The third kappa shape index (κ3) is 3.10. The summed E-state index contributed by atoms with van der Waals surface area (Å²) in [6, 6.07) is 4.19. The lowest BCUT2D eigenvalue weighted by atomic mass is 10.2. The van der Waals surface area contributed by atoms with Gasteiger partial charge in [-0.25, -0.2) is 13.4 Å². The van der Waals surface area contributed by atoms with Crippen LogP contribution in [-0.2, 0) is 17.1 Å². The number of aromatic nitrogens is 2. The van der Waals surface area contributed by atoms with Crippen molar-refractivity contribution in [3.63, 3.8) is 0 Å². The summed E-state index contributed by atoms with van der Waals surface area (Å²) in [6.07, 6.45) is 2.44. The van der Waals surface area contributed by atoms with Crippen molar-refractivity contribution < 1.29 is 8.42 Å². The van der Waals surface area contributed by atoms with Crippen LogP contribution in [0.15, 0.2) is 28.7 Å². The Kier molecular flexibility index (Phi) is 4.63. The lowest BCUT2D eigenvalue weighted by Crippen LogP contribution is -2.33. The Morgan fingerprint density at radius 1 is 1.36 bits per heavy atom. The molecule has 22 heavy (non-hydrogen) atoms. The van der Waals surface area contributed by atoms with E-state index in [1.807, 2.05) is 25.7 Å². The van der Waals surface area contributed by atoms with Crippen LogP contribution >= 0.6 is 23.1 Å². The molecule has 1 fully saturated rings. The van der Waals surface area contributed by atoms with Gasteiger partial charge in [0.05, 0.1) is 0 Å². The van der Waals surface area contributed by atoms with Gasteiger partial charge in [-0.15, -0.1) is 11.3 Å². The highest BCUT2D eigenvalue weighted by atomic mass is 32.2. The van der Waals surface area contributed by atoms with Crippen LogP contribution in [0, 0.1) is 6.92 Å². The van der Waals surface area contributed by atoms with Crippen LogP contribution in [0.2, 0.25) is 0 Å². The number of aryl methyl sites for hydroxylation is 2. The number of rotatable bonds is 3. The van der Waals surface area contributed by atoms with Crippen LogP contribution < -0.4 is 0 Å². The van der Waals surface area contributed by atoms with Crippen molar-refractivity contribution in [3.05, 3.63) is 34.4 Å². The molecule has 0 aromatic carbocycles. The molecular weight excluding hydrogens is 338 g/mol. The van der Waals surface area contributed by atoms with Crippen LogP contribution in [0.3, 0.4) is 0 Å². The molecule has 0 amide bonds. The Morgan fingerprint density at radius 3 is 2.82 bits per heavy atom. The van der Waals surface area contributed by atoms with Gasteiger partial charge in [-0.05, 0) is 24.8 Å². The minimum atomic E-state index is -3.49. The van der Waals surface area contributed by atoms with Crippen molar-refractivity contribution >= 4 is 33.1 Å². The van der Waals surface area contributed by atoms with Gasteiger partial charge in [-0.1, -0.05) is 6.07 Å². The highest BCUT2D eigenvalue weighted by Gasteiger charge is 2.30. The molecular formula is C14H19N3O2S3. The molecule has 2 aromatic rings. The van der Waals surface area contributed by atoms with Crippen LogP contribution in [-0.4, -0.2) is 41.1 Å². The molecule has 0 aliphatic carbocycles. The van der Waals surface area contributed by atoms with Gasteiger partial charge in [0.1, 0.15) is 5.82 Å². The van der Waals surface area contributed by atoms with E-state index in [4.69, 9.17) is 0 Å². The quantitative estimate of drug-likeness (QED) is 0.847. The third-order valence-corrected chi connectivity index (χ3v) is 8.07. The average Bonchev–Trinajstić information content (AvgIpc) is 3.04. The van der Waals surface area contributed by atoms with E-state index in [2.05, 4.69) is 22.5 Å². The second kappa shape index (κ2) is 6.35. The van der Waals surface area contributed by atoms with Crippen LogP contribution in [0.25, 0.3) is 0 Å². The van der Waals surface area contributed by atoms with Crippen molar-refractivity contribution in [1.29, 1.82) is 0 Å². The Bertz CT molecular complexity index is 718. The number of thiophene rings is 1. The Balaban J connectivity index is 1.78. The first-order valence-electron chi connectivity index (χ1n) is 7.13. The van der Waals surface area contributed by atoms with Gasteiger partial charge in [-0.2, -0.15) is 16.1 Å². The van der Waals surface area contributed by atoms with E-state index < -0.39 is 10.0 Å². The summed E-state index contributed by atoms with van der Waals surface area (Å²) >= 11 is 3.59. The molecule has 0 bridgehead atoms. The minimum Gasteiger partial charge on any atom is -0.337 e. The summed E-state index contributed by atoms with van der Waals surface area (Å²) < 4.78 is 28.8. The highest BCUT2D eigenvalue weighted by Crippen LogP contribution is 2.37. The van der Waals surface area contributed by atoms with Crippen molar-refractivity contribution in [2.75, 3.05) is 18.8 Å². The molecule has 1 saturated heterocycles. The summed E-state index contributed by atoms with van der Waals surface area (Å²) in [6.45, 7) is 2.90. The van der Waals surface area contributed by atoms with E-state index in [0.29, 0.717) is 24.2 Å². The number of imidazole rings is 1. The molecule has 3 heterocycles. The standard InChI is InChI=1S/C14H19N3O2S3/c1-11-15-14(10-16(11)2)22(18,19)17-6-5-13(21-9-7-17)12-4-3-8-20-12/h3-4,8,10,13H,5-7,9H2,1-2H3. The number of hydrogen-bond donors (Lipinski definition) is 0. The molecule has 0 N–H and O–H groups in total. The minimum absolute atomic E-state index is 0.159. The van der Waals surface area contributed by atoms with Crippen LogP contribution in [0.5, 0.6) is 0 Å². The van der Waals surface area contributed by atoms with Gasteiger partial charge >= 0.3 is 0 Å². The molecule has 0 spiro atoms. The molecule has 1 aliphatic rings. The number of nitrogens with zero attached hydrogens (tertiary/aromatic N) is 3. The zero-order valence-corrected chi connectivity index (χ0v) is 15.0. The molecule has 120 valence electrons. The molecule has 1 atom stereocenters. The maximum Gasteiger partial charge on any atom is 0.262 e. The molecule has 1 aliphatic heterocycles. The lowest BCUT2D eigenvalue weighted by Gasteiger charge is -2.18. The fraction of sp³-hybridized carbons (Fsp3) is 0.500. The van der Waals surface area contributed by atoms with Gasteiger partial charge in [0.15, 0.2) is 5.03 Å².